The molecule has 114 valence electrons. The van der Waals surface area contributed by atoms with Crippen molar-refractivity contribution in [2.45, 2.75) is 31.9 Å². The molecule has 1 aliphatic heterocycles. The molecule has 1 aliphatic rings. The number of piperidine rings is 1. The number of thiophene rings is 1. The van der Waals surface area contributed by atoms with Crippen LogP contribution < -0.4 is 5.32 Å². The van der Waals surface area contributed by atoms with Gasteiger partial charge in [-0.15, -0.1) is 23.7 Å². The van der Waals surface area contributed by atoms with Gasteiger partial charge in [0.15, 0.2) is 0 Å². The van der Waals surface area contributed by atoms with Crippen molar-refractivity contribution in [3.05, 3.63) is 22.4 Å². The van der Waals surface area contributed by atoms with E-state index in [4.69, 9.17) is 4.74 Å². The smallest absolute Gasteiger partial charge is 0.255 e. The number of rotatable bonds is 5. The van der Waals surface area contributed by atoms with Gasteiger partial charge >= 0.3 is 0 Å². The highest BCUT2D eigenvalue weighted by Gasteiger charge is 2.42. The zero-order valence-electron chi connectivity index (χ0n) is 12.1. The number of carbonyl (C=O) groups is 1. The Kier molecular flexibility index (Phi) is 6.95. The minimum atomic E-state index is -0.626. The van der Waals surface area contributed by atoms with E-state index in [2.05, 4.69) is 11.4 Å². The van der Waals surface area contributed by atoms with Crippen LogP contribution in [0.3, 0.4) is 0 Å². The molecular formula is C14H23ClN2O2S. The Bertz CT molecular complexity index is 405. The van der Waals surface area contributed by atoms with E-state index in [0.717, 1.165) is 32.5 Å². The van der Waals surface area contributed by atoms with Gasteiger partial charge in [0.1, 0.15) is 5.60 Å². The summed E-state index contributed by atoms with van der Waals surface area (Å²) in [6.07, 6.45) is 1.51. The average molecular weight is 319 g/mol. The lowest BCUT2D eigenvalue weighted by atomic mass is 9.90. The summed E-state index contributed by atoms with van der Waals surface area (Å²) < 4.78 is 5.61. The molecule has 4 nitrogen and oxygen atoms in total. The summed E-state index contributed by atoms with van der Waals surface area (Å²) in [4.78, 5) is 15.9. The molecule has 0 atom stereocenters. The number of halogens is 1. The molecule has 1 saturated heterocycles. The van der Waals surface area contributed by atoms with Gasteiger partial charge in [0.25, 0.3) is 5.91 Å². The van der Waals surface area contributed by atoms with E-state index in [0.29, 0.717) is 6.54 Å². The van der Waals surface area contributed by atoms with Crippen LogP contribution >= 0.6 is 23.7 Å². The topological polar surface area (TPSA) is 41.6 Å². The highest BCUT2D eigenvalue weighted by Crippen LogP contribution is 2.26. The van der Waals surface area contributed by atoms with Crippen molar-refractivity contribution in [1.82, 2.24) is 10.2 Å². The summed E-state index contributed by atoms with van der Waals surface area (Å²) in [5.74, 6) is 0.132. The second-order valence-electron chi connectivity index (χ2n) is 4.85. The maximum absolute atomic E-state index is 12.8. The number of amides is 1. The lowest BCUT2D eigenvalue weighted by molar-refractivity contribution is -0.158. The normalized spacial score (nSPS) is 17.3. The SMILES string of the molecule is CCN(Cc1cccs1)C(=O)C1(OC)CCNCC1.Cl. The number of nitrogens with zero attached hydrogens (tertiary/aromatic N) is 1. The molecular weight excluding hydrogens is 296 g/mol. The van der Waals surface area contributed by atoms with Crippen LogP contribution in [0.4, 0.5) is 0 Å². The highest BCUT2D eigenvalue weighted by atomic mass is 35.5. The predicted molar refractivity (Wildman–Crippen MR) is 84.5 cm³/mol. The third-order valence-corrected chi connectivity index (χ3v) is 4.65. The quantitative estimate of drug-likeness (QED) is 0.905. The molecule has 1 aromatic heterocycles. The Hall–Kier alpha value is -0.620. The molecule has 0 bridgehead atoms. The largest absolute Gasteiger partial charge is 0.368 e. The van der Waals surface area contributed by atoms with Crippen molar-refractivity contribution in [1.29, 1.82) is 0 Å². The second-order valence-corrected chi connectivity index (χ2v) is 5.88. The van der Waals surface area contributed by atoms with Crippen LogP contribution in [0.25, 0.3) is 0 Å². The number of hydrogen-bond acceptors (Lipinski definition) is 4. The van der Waals surface area contributed by atoms with Gasteiger partial charge in [-0.25, -0.2) is 0 Å². The van der Waals surface area contributed by atoms with Crippen LogP contribution in [-0.4, -0.2) is 43.2 Å². The molecule has 2 rings (SSSR count). The molecule has 0 radical (unpaired) electrons. The molecule has 0 aliphatic carbocycles. The van der Waals surface area contributed by atoms with Crippen LogP contribution in [0.5, 0.6) is 0 Å². The Morgan fingerprint density at radius 3 is 2.70 bits per heavy atom. The molecule has 0 spiro atoms. The minimum Gasteiger partial charge on any atom is -0.368 e. The van der Waals surface area contributed by atoms with Crippen molar-refractivity contribution in [3.63, 3.8) is 0 Å². The van der Waals surface area contributed by atoms with E-state index in [9.17, 15) is 4.79 Å². The lowest BCUT2D eigenvalue weighted by Crippen LogP contribution is -2.55. The maximum atomic E-state index is 12.8. The average Bonchev–Trinajstić information content (AvgIpc) is 2.97. The number of ether oxygens (including phenoxy) is 1. The summed E-state index contributed by atoms with van der Waals surface area (Å²) in [5, 5.41) is 5.33. The fourth-order valence-electron chi connectivity index (χ4n) is 2.54. The first-order valence-corrected chi connectivity index (χ1v) is 7.67. The summed E-state index contributed by atoms with van der Waals surface area (Å²) in [7, 11) is 1.65. The van der Waals surface area contributed by atoms with Crippen molar-refractivity contribution in [2.75, 3.05) is 26.7 Å². The van der Waals surface area contributed by atoms with E-state index in [1.807, 2.05) is 23.3 Å². The summed E-state index contributed by atoms with van der Waals surface area (Å²) >= 11 is 1.69. The van der Waals surface area contributed by atoms with Gasteiger partial charge < -0.3 is 15.0 Å². The number of likely N-dealkylation sites (N-methyl/N-ethyl adjacent to an activating group) is 1. The van der Waals surface area contributed by atoms with Crippen LogP contribution in [0, 0.1) is 0 Å². The monoisotopic (exact) mass is 318 g/mol. The van der Waals surface area contributed by atoms with Gasteiger partial charge in [-0.2, -0.15) is 0 Å². The Balaban J connectivity index is 0.00000200. The van der Waals surface area contributed by atoms with Crippen LogP contribution in [0.2, 0.25) is 0 Å². The zero-order chi connectivity index (χ0) is 13.7. The number of nitrogens with one attached hydrogen (secondary N) is 1. The van der Waals surface area contributed by atoms with Crippen molar-refractivity contribution < 1.29 is 9.53 Å². The summed E-state index contributed by atoms with van der Waals surface area (Å²) in [5.41, 5.74) is -0.626. The number of carbonyl (C=O) groups excluding carboxylic acids is 1. The second kappa shape index (κ2) is 7.98. The first-order valence-electron chi connectivity index (χ1n) is 6.79. The molecule has 0 unspecified atom stereocenters. The number of methoxy groups -OCH3 is 1. The van der Waals surface area contributed by atoms with E-state index < -0.39 is 5.60 Å². The van der Waals surface area contributed by atoms with Crippen LogP contribution in [-0.2, 0) is 16.1 Å². The molecule has 0 aromatic carbocycles. The molecule has 0 saturated carbocycles. The third kappa shape index (κ3) is 3.73. The first kappa shape index (κ1) is 17.4. The van der Waals surface area contributed by atoms with E-state index >= 15 is 0 Å². The molecule has 1 aromatic rings. The van der Waals surface area contributed by atoms with Crippen molar-refractivity contribution in [2.24, 2.45) is 0 Å². The lowest BCUT2D eigenvalue weighted by Gasteiger charge is -2.38. The molecule has 1 amide bonds. The Morgan fingerprint density at radius 1 is 1.50 bits per heavy atom. The van der Waals surface area contributed by atoms with Crippen molar-refractivity contribution in [3.8, 4) is 0 Å². The molecule has 2 heterocycles. The standard InChI is InChI=1S/C14H22N2O2S.ClH/c1-3-16(11-12-5-4-10-19-12)13(17)14(18-2)6-8-15-9-7-14;/h4-5,10,15H,3,6-9,11H2,1-2H3;1H. The van der Waals surface area contributed by atoms with Crippen molar-refractivity contribution >= 4 is 29.7 Å². The Morgan fingerprint density at radius 2 is 2.20 bits per heavy atom. The van der Waals surface area contributed by atoms with E-state index in [1.165, 1.54) is 4.88 Å². The maximum Gasteiger partial charge on any atom is 0.255 e. The molecule has 6 heteroatoms. The first-order chi connectivity index (χ1) is 9.22. The minimum absolute atomic E-state index is 0. The fraction of sp³-hybridized carbons (Fsp3) is 0.643. The van der Waals surface area contributed by atoms with Gasteiger partial charge in [0, 0.05) is 18.5 Å². The van der Waals surface area contributed by atoms with Gasteiger partial charge in [0.05, 0.1) is 6.54 Å². The predicted octanol–water partition coefficient (Wildman–Crippen LogP) is 2.29. The van der Waals surface area contributed by atoms with E-state index in [-0.39, 0.29) is 18.3 Å². The third-order valence-electron chi connectivity index (χ3n) is 3.79. The fourth-order valence-corrected chi connectivity index (χ4v) is 3.26. The molecule has 1 N–H and O–H groups in total. The van der Waals surface area contributed by atoms with Crippen LogP contribution in [0.15, 0.2) is 17.5 Å². The molecule has 1 fully saturated rings. The number of hydrogen-bond donors (Lipinski definition) is 1. The van der Waals surface area contributed by atoms with E-state index in [1.54, 1.807) is 18.4 Å². The molecule has 20 heavy (non-hydrogen) atoms. The van der Waals surface area contributed by atoms with Gasteiger partial charge in [0.2, 0.25) is 0 Å². The zero-order valence-corrected chi connectivity index (χ0v) is 13.7. The Labute approximate surface area is 130 Å². The highest BCUT2D eigenvalue weighted by molar-refractivity contribution is 7.09. The summed E-state index contributed by atoms with van der Waals surface area (Å²) in [6.45, 7) is 5.11. The van der Waals surface area contributed by atoms with Gasteiger partial charge in [-0.3, -0.25) is 4.79 Å². The van der Waals surface area contributed by atoms with Gasteiger partial charge in [-0.05, 0) is 44.3 Å². The van der Waals surface area contributed by atoms with Gasteiger partial charge in [-0.1, -0.05) is 6.07 Å². The summed E-state index contributed by atoms with van der Waals surface area (Å²) in [6, 6.07) is 4.09. The van der Waals surface area contributed by atoms with Crippen LogP contribution in [0.1, 0.15) is 24.6 Å².